The van der Waals surface area contributed by atoms with Crippen LogP contribution in [-0.2, 0) is 11.3 Å². The molecule has 4 rings (SSSR count). The summed E-state index contributed by atoms with van der Waals surface area (Å²) in [5.74, 6) is 0.779. The van der Waals surface area contributed by atoms with Crippen molar-refractivity contribution in [1.82, 2.24) is 15.2 Å². The fourth-order valence-electron chi connectivity index (χ4n) is 4.41. The average molecular weight is 446 g/mol. The van der Waals surface area contributed by atoms with Crippen LogP contribution in [0.1, 0.15) is 71.9 Å². The first-order valence-electron chi connectivity index (χ1n) is 10.9. The van der Waals surface area contributed by atoms with Gasteiger partial charge < -0.3 is 10.2 Å². The SMILES string of the molecule is O=C(NCc1ccc(Cl)cc1)c1csc(C2CCN(C(=O)C3CCCCC3)CC2)n1. The molecule has 30 heavy (non-hydrogen) atoms. The van der Waals surface area contributed by atoms with Gasteiger partial charge in [-0.2, -0.15) is 0 Å². The lowest BCUT2D eigenvalue weighted by Gasteiger charge is -2.34. The maximum Gasteiger partial charge on any atom is 0.271 e. The van der Waals surface area contributed by atoms with Crippen molar-refractivity contribution >= 4 is 34.8 Å². The van der Waals surface area contributed by atoms with Crippen LogP contribution >= 0.6 is 22.9 Å². The quantitative estimate of drug-likeness (QED) is 0.703. The zero-order chi connectivity index (χ0) is 20.9. The van der Waals surface area contributed by atoms with Crippen molar-refractivity contribution < 1.29 is 9.59 Å². The van der Waals surface area contributed by atoms with Crippen LogP contribution < -0.4 is 5.32 Å². The van der Waals surface area contributed by atoms with Gasteiger partial charge in [-0.25, -0.2) is 4.98 Å². The summed E-state index contributed by atoms with van der Waals surface area (Å²) in [5.41, 5.74) is 1.47. The summed E-state index contributed by atoms with van der Waals surface area (Å²) in [6.07, 6.45) is 7.62. The number of aromatic nitrogens is 1. The number of likely N-dealkylation sites (tertiary alicyclic amines) is 1. The van der Waals surface area contributed by atoms with Crippen molar-refractivity contribution in [1.29, 1.82) is 0 Å². The molecule has 7 heteroatoms. The fourth-order valence-corrected chi connectivity index (χ4v) is 5.51. The minimum absolute atomic E-state index is 0.155. The van der Waals surface area contributed by atoms with Gasteiger partial charge in [-0.15, -0.1) is 11.3 Å². The predicted octanol–water partition coefficient (Wildman–Crippen LogP) is 5.01. The van der Waals surface area contributed by atoms with Crippen LogP contribution in [0.25, 0.3) is 0 Å². The van der Waals surface area contributed by atoms with Gasteiger partial charge in [0, 0.05) is 41.9 Å². The smallest absolute Gasteiger partial charge is 0.271 e. The Bertz CT molecular complexity index is 869. The summed E-state index contributed by atoms with van der Waals surface area (Å²) in [4.78, 5) is 31.9. The summed E-state index contributed by atoms with van der Waals surface area (Å²) in [6, 6.07) is 7.43. The molecular weight excluding hydrogens is 418 g/mol. The highest BCUT2D eigenvalue weighted by atomic mass is 35.5. The molecule has 0 radical (unpaired) electrons. The molecule has 2 heterocycles. The van der Waals surface area contributed by atoms with E-state index in [0.717, 1.165) is 49.3 Å². The van der Waals surface area contributed by atoms with Crippen molar-refractivity contribution in [2.24, 2.45) is 5.92 Å². The van der Waals surface area contributed by atoms with Crippen LogP contribution in [0.15, 0.2) is 29.6 Å². The van der Waals surface area contributed by atoms with E-state index in [4.69, 9.17) is 11.6 Å². The van der Waals surface area contributed by atoms with Crippen LogP contribution in [0.5, 0.6) is 0 Å². The van der Waals surface area contributed by atoms with E-state index in [2.05, 4.69) is 15.2 Å². The molecule has 1 aromatic carbocycles. The van der Waals surface area contributed by atoms with Crippen LogP contribution in [-0.4, -0.2) is 34.8 Å². The van der Waals surface area contributed by atoms with Gasteiger partial charge in [0.15, 0.2) is 0 Å². The second-order valence-corrected chi connectivity index (χ2v) is 9.64. The zero-order valence-corrected chi connectivity index (χ0v) is 18.7. The molecule has 1 N–H and O–H groups in total. The number of nitrogens with one attached hydrogen (secondary N) is 1. The van der Waals surface area contributed by atoms with E-state index >= 15 is 0 Å². The van der Waals surface area contributed by atoms with Crippen LogP contribution in [0.3, 0.4) is 0 Å². The molecule has 2 fully saturated rings. The number of thiazole rings is 1. The van der Waals surface area contributed by atoms with Gasteiger partial charge in [-0.1, -0.05) is 43.0 Å². The Labute approximate surface area is 186 Å². The number of piperidine rings is 1. The maximum atomic E-state index is 12.7. The first-order valence-corrected chi connectivity index (χ1v) is 12.1. The molecule has 1 aromatic heterocycles. The molecule has 2 aliphatic rings. The number of halogens is 1. The van der Waals surface area contributed by atoms with Crippen molar-refractivity contribution in [2.75, 3.05) is 13.1 Å². The molecule has 1 aliphatic carbocycles. The number of rotatable bonds is 5. The van der Waals surface area contributed by atoms with E-state index in [-0.39, 0.29) is 11.8 Å². The van der Waals surface area contributed by atoms with E-state index < -0.39 is 0 Å². The Morgan fingerprint density at radius 2 is 1.77 bits per heavy atom. The summed E-state index contributed by atoms with van der Waals surface area (Å²) in [6.45, 7) is 2.06. The third kappa shape index (κ3) is 5.22. The normalized spacial score (nSPS) is 18.4. The average Bonchev–Trinajstić information content (AvgIpc) is 3.29. The van der Waals surface area contributed by atoms with Gasteiger partial charge in [0.1, 0.15) is 5.69 Å². The highest BCUT2D eigenvalue weighted by molar-refractivity contribution is 7.09. The van der Waals surface area contributed by atoms with Gasteiger partial charge in [-0.05, 0) is 43.4 Å². The van der Waals surface area contributed by atoms with E-state index in [1.54, 1.807) is 11.3 Å². The summed E-state index contributed by atoms with van der Waals surface area (Å²) in [5, 5.41) is 6.45. The lowest BCUT2D eigenvalue weighted by Crippen LogP contribution is -2.41. The van der Waals surface area contributed by atoms with E-state index in [1.807, 2.05) is 29.6 Å². The monoisotopic (exact) mass is 445 g/mol. The minimum atomic E-state index is -0.155. The zero-order valence-electron chi connectivity index (χ0n) is 17.1. The second kappa shape index (κ2) is 9.92. The maximum absolute atomic E-state index is 12.7. The van der Waals surface area contributed by atoms with Gasteiger partial charge in [0.05, 0.1) is 5.01 Å². The standard InChI is InChI=1S/C23H28ClN3O2S/c24-19-8-6-16(7-9-19)14-25-21(28)20-15-30-22(26-20)17-10-12-27(13-11-17)23(29)18-4-2-1-3-5-18/h6-9,15,17-18H,1-5,10-14H2,(H,25,28). The Morgan fingerprint density at radius 1 is 1.07 bits per heavy atom. The molecule has 0 spiro atoms. The minimum Gasteiger partial charge on any atom is -0.347 e. The van der Waals surface area contributed by atoms with Crippen molar-refractivity contribution in [2.45, 2.75) is 57.4 Å². The first-order chi connectivity index (χ1) is 14.6. The van der Waals surface area contributed by atoms with Crippen LogP contribution in [0, 0.1) is 5.92 Å². The molecule has 1 saturated carbocycles. The Balaban J connectivity index is 1.27. The van der Waals surface area contributed by atoms with Gasteiger partial charge in [0.2, 0.25) is 5.91 Å². The molecule has 160 valence electrons. The molecule has 1 saturated heterocycles. The number of benzene rings is 1. The number of nitrogens with zero attached hydrogens (tertiary/aromatic N) is 2. The fraction of sp³-hybridized carbons (Fsp3) is 0.522. The third-order valence-corrected chi connectivity index (χ3v) is 7.49. The molecule has 1 aliphatic heterocycles. The Kier molecular flexibility index (Phi) is 7.05. The molecule has 2 aromatic rings. The molecule has 2 amide bonds. The Hall–Kier alpha value is -1.92. The topological polar surface area (TPSA) is 62.3 Å². The number of carbonyl (C=O) groups is 2. The van der Waals surface area contributed by atoms with E-state index in [9.17, 15) is 9.59 Å². The van der Waals surface area contributed by atoms with Crippen LogP contribution in [0.2, 0.25) is 5.02 Å². The predicted molar refractivity (Wildman–Crippen MR) is 120 cm³/mol. The Morgan fingerprint density at radius 3 is 2.47 bits per heavy atom. The molecule has 0 unspecified atom stereocenters. The van der Waals surface area contributed by atoms with Crippen molar-refractivity contribution in [3.05, 3.63) is 50.9 Å². The second-order valence-electron chi connectivity index (χ2n) is 8.31. The molecular formula is C23H28ClN3O2S. The number of hydrogen-bond acceptors (Lipinski definition) is 4. The summed E-state index contributed by atoms with van der Waals surface area (Å²) >= 11 is 7.45. The van der Waals surface area contributed by atoms with Gasteiger partial charge in [-0.3, -0.25) is 9.59 Å². The summed E-state index contributed by atoms with van der Waals surface area (Å²) < 4.78 is 0. The number of carbonyl (C=O) groups excluding carboxylic acids is 2. The van der Waals surface area contributed by atoms with E-state index in [1.165, 1.54) is 19.3 Å². The molecule has 5 nitrogen and oxygen atoms in total. The van der Waals surface area contributed by atoms with Crippen molar-refractivity contribution in [3.8, 4) is 0 Å². The van der Waals surface area contributed by atoms with Crippen LogP contribution in [0.4, 0.5) is 0 Å². The van der Waals surface area contributed by atoms with Gasteiger partial charge in [0.25, 0.3) is 5.91 Å². The third-order valence-electron chi connectivity index (χ3n) is 6.23. The highest BCUT2D eigenvalue weighted by Gasteiger charge is 2.30. The summed E-state index contributed by atoms with van der Waals surface area (Å²) in [7, 11) is 0. The first kappa shape index (κ1) is 21.3. The van der Waals surface area contributed by atoms with Crippen molar-refractivity contribution in [3.63, 3.8) is 0 Å². The van der Waals surface area contributed by atoms with Gasteiger partial charge >= 0.3 is 0 Å². The number of amides is 2. The van der Waals surface area contributed by atoms with E-state index in [0.29, 0.717) is 29.1 Å². The lowest BCUT2D eigenvalue weighted by atomic mass is 9.87. The largest absolute Gasteiger partial charge is 0.347 e. The lowest BCUT2D eigenvalue weighted by molar-refractivity contribution is -0.137. The molecule has 0 bridgehead atoms. The molecule has 0 atom stereocenters. The highest BCUT2D eigenvalue weighted by Crippen LogP contribution is 2.32. The number of hydrogen-bond donors (Lipinski definition) is 1.